The average Bonchev–Trinajstić information content (AvgIpc) is 3.09. The molecule has 0 aromatic carbocycles. The fourth-order valence-electron chi connectivity index (χ4n) is 5.69. The Hall–Kier alpha value is -1.41. The van der Waals surface area contributed by atoms with Crippen molar-refractivity contribution in [2.75, 3.05) is 13.2 Å². The van der Waals surface area contributed by atoms with Crippen LogP contribution in [-0.4, -0.2) is 98.3 Å². The summed E-state index contributed by atoms with van der Waals surface area (Å²) in [4.78, 5) is 35.3. The summed E-state index contributed by atoms with van der Waals surface area (Å²) < 4.78 is 33.2. The molecule has 50 heavy (non-hydrogen) atoms. The molecule has 0 saturated heterocycles. The summed E-state index contributed by atoms with van der Waals surface area (Å²) >= 11 is 0. The Bertz CT molecular complexity index is 948. The van der Waals surface area contributed by atoms with E-state index in [1.807, 2.05) is 0 Å². The number of allylic oxidation sites excluding steroid dienone is 2. The molecule has 0 aliphatic heterocycles. The molecule has 0 radical (unpaired) electrons. The lowest BCUT2D eigenvalue weighted by molar-refractivity contribution is -0.220. The first-order chi connectivity index (χ1) is 23.9. The van der Waals surface area contributed by atoms with E-state index in [1.54, 1.807) is 0 Å². The Balaban J connectivity index is 2.57. The molecule has 1 fully saturated rings. The van der Waals surface area contributed by atoms with Gasteiger partial charge in [-0.3, -0.25) is 18.6 Å². The first-order valence-electron chi connectivity index (χ1n) is 19.0. The van der Waals surface area contributed by atoms with E-state index in [0.717, 1.165) is 57.8 Å². The summed E-state index contributed by atoms with van der Waals surface area (Å²) in [6.45, 7) is 3.20. The van der Waals surface area contributed by atoms with Gasteiger partial charge in [0.1, 0.15) is 43.2 Å². The number of unbranched alkanes of at least 4 members (excludes halogenated alkanes) is 16. The molecule has 6 unspecified atom stereocenters. The van der Waals surface area contributed by atoms with Crippen LogP contribution in [0.5, 0.6) is 0 Å². The Morgan fingerprint density at radius 3 is 1.56 bits per heavy atom. The van der Waals surface area contributed by atoms with Crippen LogP contribution in [0.15, 0.2) is 12.2 Å². The highest BCUT2D eigenvalue weighted by atomic mass is 31.2. The third-order valence-electron chi connectivity index (χ3n) is 8.86. The summed E-state index contributed by atoms with van der Waals surface area (Å²) in [5.41, 5.74) is 0. The van der Waals surface area contributed by atoms with E-state index in [-0.39, 0.29) is 12.8 Å². The second-order valence-corrected chi connectivity index (χ2v) is 14.8. The van der Waals surface area contributed by atoms with Gasteiger partial charge in [0.05, 0.1) is 6.61 Å². The number of phosphoric acid groups is 1. The van der Waals surface area contributed by atoms with Crippen molar-refractivity contribution >= 4 is 19.8 Å². The number of aliphatic hydroxyl groups is 5. The fraction of sp³-hybridized carbons (Fsp3) is 0.889. The van der Waals surface area contributed by atoms with Gasteiger partial charge in [0, 0.05) is 12.8 Å². The molecule has 1 saturated carbocycles. The number of rotatable bonds is 30. The molecule has 13 nitrogen and oxygen atoms in total. The number of hydrogen-bond acceptors (Lipinski definition) is 12. The third-order valence-corrected chi connectivity index (χ3v) is 9.84. The van der Waals surface area contributed by atoms with Crippen LogP contribution in [0.2, 0.25) is 0 Å². The Morgan fingerprint density at radius 2 is 1.02 bits per heavy atom. The molecule has 294 valence electrons. The van der Waals surface area contributed by atoms with Crippen molar-refractivity contribution in [3.63, 3.8) is 0 Å². The van der Waals surface area contributed by atoms with Crippen molar-refractivity contribution in [3.8, 4) is 0 Å². The van der Waals surface area contributed by atoms with Gasteiger partial charge in [-0.1, -0.05) is 109 Å². The van der Waals surface area contributed by atoms with Crippen LogP contribution in [0.4, 0.5) is 0 Å². The quantitative estimate of drug-likeness (QED) is 0.0231. The van der Waals surface area contributed by atoms with E-state index >= 15 is 0 Å². The second-order valence-electron chi connectivity index (χ2n) is 13.4. The monoisotopic (exact) mass is 738 g/mol. The van der Waals surface area contributed by atoms with Crippen molar-refractivity contribution in [2.24, 2.45) is 0 Å². The van der Waals surface area contributed by atoms with Gasteiger partial charge in [0.2, 0.25) is 0 Å². The lowest BCUT2D eigenvalue weighted by atomic mass is 9.85. The molecule has 1 aliphatic rings. The van der Waals surface area contributed by atoms with Gasteiger partial charge in [-0.2, -0.15) is 0 Å². The maximum Gasteiger partial charge on any atom is 0.472 e. The van der Waals surface area contributed by atoms with Gasteiger partial charge < -0.3 is 39.9 Å². The number of carbonyl (C=O) groups is 2. The molecular weight excluding hydrogens is 671 g/mol. The van der Waals surface area contributed by atoms with Crippen LogP contribution in [-0.2, 0) is 32.7 Å². The molecule has 1 aliphatic carbocycles. The van der Waals surface area contributed by atoms with Gasteiger partial charge in [-0.05, 0) is 38.5 Å². The van der Waals surface area contributed by atoms with E-state index in [4.69, 9.17) is 18.5 Å². The topological polar surface area (TPSA) is 210 Å². The van der Waals surface area contributed by atoms with Crippen molar-refractivity contribution in [1.29, 1.82) is 0 Å². The molecule has 14 heteroatoms. The second kappa shape index (κ2) is 28.1. The summed E-state index contributed by atoms with van der Waals surface area (Å²) in [6.07, 6.45) is 11.6. The molecule has 1 rings (SSSR count). The average molecular weight is 739 g/mol. The number of hydrogen-bond donors (Lipinski definition) is 6. The molecular formula is C36H67O13P. The number of aliphatic hydroxyl groups excluding tert-OH is 5. The zero-order valence-corrected chi connectivity index (χ0v) is 31.3. The van der Waals surface area contributed by atoms with E-state index in [1.165, 1.54) is 51.4 Å². The number of esters is 2. The predicted octanol–water partition coefficient (Wildman–Crippen LogP) is 5.55. The summed E-state index contributed by atoms with van der Waals surface area (Å²) in [5, 5.41) is 49.8. The van der Waals surface area contributed by atoms with Crippen LogP contribution in [0.25, 0.3) is 0 Å². The van der Waals surface area contributed by atoms with Crippen molar-refractivity contribution in [2.45, 2.75) is 191 Å². The van der Waals surface area contributed by atoms with Gasteiger partial charge in [0.25, 0.3) is 0 Å². The van der Waals surface area contributed by atoms with Gasteiger partial charge >= 0.3 is 19.8 Å². The summed E-state index contributed by atoms with van der Waals surface area (Å²) in [6, 6.07) is 0. The molecule has 6 N–H and O–H groups in total. The zero-order chi connectivity index (χ0) is 37.2. The molecule has 8 atom stereocenters. The molecule has 0 spiro atoms. The van der Waals surface area contributed by atoms with Gasteiger partial charge in [0.15, 0.2) is 6.10 Å². The van der Waals surface area contributed by atoms with Gasteiger partial charge in [-0.15, -0.1) is 0 Å². The molecule has 0 amide bonds. The smallest absolute Gasteiger partial charge is 0.462 e. The SMILES string of the molecule is CCCCC/C=C\CCCCCCCC(=O)O[C@H](COC(=O)CCCCCCCCCCC)COP(=O)(O)OC1C(O)C(O)C(O)[C@@H](O)C1O. The largest absolute Gasteiger partial charge is 0.472 e. The maximum atomic E-state index is 12.7. The normalized spacial score (nSPS) is 24.2. The van der Waals surface area contributed by atoms with E-state index < -0.39 is 75.7 Å². The van der Waals surface area contributed by atoms with Crippen LogP contribution in [0.3, 0.4) is 0 Å². The van der Waals surface area contributed by atoms with E-state index in [0.29, 0.717) is 12.8 Å². The Morgan fingerprint density at radius 1 is 0.600 bits per heavy atom. The minimum absolute atomic E-state index is 0.0894. The van der Waals surface area contributed by atoms with Gasteiger partial charge in [-0.25, -0.2) is 4.57 Å². The van der Waals surface area contributed by atoms with E-state index in [2.05, 4.69) is 26.0 Å². The van der Waals surface area contributed by atoms with Crippen molar-refractivity contribution in [1.82, 2.24) is 0 Å². The Labute approximate surface area is 299 Å². The van der Waals surface area contributed by atoms with Crippen LogP contribution >= 0.6 is 7.82 Å². The first-order valence-corrected chi connectivity index (χ1v) is 20.5. The van der Waals surface area contributed by atoms with Crippen molar-refractivity contribution in [3.05, 3.63) is 12.2 Å². The highest BCUT2D eigenvalue weighted by Gasteiger charge is 2.51. The molecule has 0 heterocycles. The van der Waals surface area contributed by atoms with Crippen LogP contribution < -0.4 is 0 Å². The van der Waals surface area contributed by atoms with Crippen LogP contribution in [0, 0.1) is 0 Å². The third kappa shape index (κ3) is 21.2. The van der Waals surface area contributed by atoms with E-state index in [9.17, 15) is 44.6 Å². The minimum Gasteiger partial charge on any atom is -0.462 e. The zero-order valence-electron chi connectivity index (χ0n) is 30.4. The number of phosphoric ester groups is 1. The molecule has 0 aromatic rings. The molecule has 0 bridgehead atoms. The van der Waals surface area contributed by atoms with Crippen LogP contribution in [0.1, 0.15) is 149 Å². The summed E-state index contributed by atoms with van der Waals surface area (Å²) in [5.74, 6) is -1.11. The lowest BCUT2D eigenvalue weighted by Crippen LogP contribution is -2.64. The Kier molecular flexibility index (Phi) is 26.2. The minimum atomic E-state index is -5.10. The number of ether oxygens (including phenoxy) is 2. The molecule has 0 aromatic heterocycles. The lowest BCUT2D eigenvalue weighted by Gasteiger charge is -2.41. The number of carbonyl (C=O) groups excluding carboxylic acids is 2. The first kappa shape index (κ1) is 46.6. The summed E-state index contributed by atoms with van der Waals surface area (Å²) in [7, 11) is -5.10. The fourth-order valence-corrected chi connectivity index (χ4v) is 6.66. The predicted molar refractivity (Wildman–Crippen MR) is 189 cm³/mol. The maximum absolute atomic E-state index is 12.7. The van der Waals surface area contributed by atoms with Crippen molar-refractivity contribution < 1.29 is 63.1 Å². The highest BCUT2D eigenvalue weighted by molar-refractivity contribution is 7.47. The standard InChI is InChI=1S/C36H67O13P/c1-3-5-7-9-11-13-14-15-17-19-21-23-25-30(38)48-28(26-46-29(37)24-22-20-18-16-12-10-8-6-4-2)27-47-50(44,45)49-36-34(42)32(40)31(39)33(41)35(36)43/h11,13,28,31-36,39-43H,3-10,12,14-27H2,1-2H3,(H,44,45)/b13-11-/t28-,31?,32-,33?,34?,35?,36?/m1/s1. The highest BCUT2D eigenvalue weighted by Crippen LogP contribution is 2.47.